The molecule has 0 radical (unpaired) electrons. The normalized spacial score (nSPS) is 38.4. The standard InChI is InChI=1S/C9H16N2O2/c1-13-9(12)8-6-11-4-2-7(10-8)3-5-11/h7-8,10H,2-6H2,1H3. The quantitative estimate of drug-likeness (QED) is 0.563. The highest BCUT2D eigenvalue weighted by molar-refractivity contribution is 5.76. The van der Waals surface area contributed by atoms with Crippen LogP contribution in [0.2, 0.25) is 0 Å². The molecule has 0 spiro atoms. The molecule has 3 heterocycles. The van der Waals surface area contributed by atoms with E-state index in [1.54, 1.807) is 0 Å². The monoisotopic (exact) mass is 184 g/mol. The van der Waals surface area contributed by atoms with Crippen LogP contribution in [-0.2, 0) is 9.53 Å². The summed E-state index contributed by atoms with van der Waals surface area (Å²) in [7, 11) is 1.45. The minimum Gasteiger partial charge on any atom is -0.468 e. The van der Waals surface area contributed by atoms with Gasteiger partial charge in [0.15, 0.2) is 0 Å². The zero-order valence-corrected chi connectivity index (χ0v) is 7.95. The van der Waals surface area contributed by atoms with Crippen LogP contribution in [0, 0.1) is 0 Å². The number of piperidine rings is 1. The van der Waals surface area contributed by atoms with E-state index in [0.29, 0.717) is 6.04 Å². The summed E-state index contributed by atoms with van der Waals surface area (Å²) in [6, 6.07) is 0.405. The Morgan fingerprint density at radius 3 is 2.77 bits per heavy atom. The number of rotatable bonds is 1. The van der Waals surface area contributed by atoms with Crippen LogP contribution >= 0.6 is 0 Å². The van der Waals surface area contributed by atoms with E-state index in [1.165, 1.54) is 7.11 Å². The van der Waals surface area contributed by atoms with Crippen molar-refractivity contribution in [1.82, 2.24) is 10.2 Å². The molecule has 3 aliphatic rings. The number of hydrogen-bond donors (Lipinski definition) is 1. The van der Waals surface area contributed by atoms with Crippen LogP contribution in [-0.4, -0.2) is 49.7 Å². The molecule has 13 heavy (non-hydrogen) atoms. The van der Waals surface area contributed by atoms with Crippen LogP contribution in [0.25, 0.3) is 0 Å². The lowest BCUT2D eigenvalue weighted by atomic mass is 10.1. The predicted molar refractivity (Wildman–Crippen MR) is 48.4 cm³/mol. The Balaban J connectivity index is 2.03. The van der Waals surface area contributed by atoms with E-state index >= 15 is 0 Å². The Labute approximate surface area is 78.2 Å². The van der Waals surface area contributed by atoms with Gasteiger partial charge < -0.3 is 15.0 Å². The summed E-state index contributed by atoms with van der Waals surface area (Å²) in [5.41, 5.74) is 0. The van der Waals surface area contributed by atoms with Gasteiger partial charge in [0.25, 0.3) is 0 Å². The van der Waals surface area contributed by atoms with Crippen LogP contribution in [0.5, 0.6) is 0 Å². The van der Waals surface area contributed by atoms with Crippen molar-refractivity contribution in [2.75, 3.05) is 26.7 Å². The molecule has 1 atom stereocenters. The van der Waals surface area contributed by atoms with E-state index in [0.717, 1.165) is 32.5 Å². The van der Waals surface area contributed by atoms with Gasteiger partial charge >= 0.3 is 5.97 Å². The van der Waals surface area contributed by atoms with Crippen LogP contribution in [0.1, 0.15) is 12.8 Å². The summed E-state index contributed by atoms with van der Waals surface area (Å²) in [6.45, 7) is 3.04. The molecule has 4 heteroatoms. The highest BCUT2D eigenvalue weighted by Crippen LogP contribution is 2.16. The Morgan fingerprint density at radius 2 is 2.15 bits per heavy atom. The van der Waals surface area contributed by atoms with Crippen molar-refractivity contribution in [2.24, 2.45) is 0 Å². The summed E-state index contributed by atoms with van der Waals surface area (Å²) < 4.78 is 4.74. The van der Waals surface area contributed by atoms with Gasteiger partial charge in [0.1, 0.15) is 6.04 Å². The first-order valence-corrected chi connectivity index (χ1v) is 4.86. The molecule has 0 aliphatic carbocycles. The van der Waals surface area contributed by atoms with Crippen molar-refractivity contribution >= 4 is 5.97 Å². The largest absolute Gasteiger partial charge is 0.468 e. The Morgan fingerprint density at radius 1 is 1.46 bits per heavy atom. The lowest BCUT2D eigenvalue weighted by molar-refractivity contribution is -0.143. The zero-order chi connectivity index (χ0) is 9.26. The molecule has 0 amide bonds. The molecule has 3 aliphatic heterocycles. The molecule has 0 aromatic heterocycles. The predicted octanol–water partition coefficient (Wildman–Crippen LogP) is -0.404. The number of methoxy groups -OCH3 is 1. The van der Waals surface area contributed by atoms with Gasteiger partial charge in [-0.05, 0) is 25.9 Å². The summed E-state index contributed by atoms with van der Waals surface area (Å²) in [5.74, 6) is -0.126. The molecule has 0 aromatic carbocycles. The lowest BCUT2D eigenvalue weighted by Gasteiger charge is -2.25. The van der Waals surface area contributed by atoms with Gasteiger partial charge in [0.05, 0.1) is 7.11 Å². The summed E-state index contributed by atoms with van der Waals surface area (Å²) >= 11 is 0. The van der Waals surface area contributed by atoms with Crippen LogP contribution in [0.3, 0.4) is 0 Å². The average molecular weight is 184 g/mol. The Kier molecular flexibility index (Phi) is 2.51. The molecule has 4 nitrogen and oxygen atoms in total. The molecule has 0 aromatic rings. The van der Waals surface area contributed by atoms with Crippen molar-refractivity contribution in [1.29, 1.82) is 0 Å². The molecule has 3 fully saturated rings. The van der Waals surface area contributed by atoms with Crippen LogP contribution < -0.4 is 5.32 Å². The average Bonchev–Trinajstić information content (AvgIpc) is 2.49. The maximum atomic E-state index is 11.3. The fourth-order valence-electron chi connectivity index (χ4n) is 2.16. The molecule has 1 unspecified atom stereocenters. The second-order valence-electron chi connectivity index (χ2n) is 3.82. The number of carbonyl (C=O) groups is 1. The number of fused-ring (bicyclic) bond motifs is 4. The van der Waals surface area contributed by atoms with E-state index in [-0.39, 0.29) is 12.0 Å². The number of ether oxygens (including phenoxy) is 1. The fraction of sp³-hybridized carbons (Fsp3) is 0.889. The van der Waals surface area contributed by atoms with Crippen molar-refractivity contribution in [3.8, 4) is 0 Å². The highest BCUT2D eigenvalue weighted by Gasteiger charge is 2.32. The lowest BCUT2D eigenvalue weighted by Crippen LogP contribution is -2.44. The number of carbonyl (C=O) groups excluding carboxylic acids is 1. The minimum absolute atomic E-state index is 0.111. The minimum atomic E-state index is -0.126. The molecular formula is C9H16N2O2. The fourth-order valence-corrected chi connectivity index (χ4v) is 2.16. The van der Waals surface area contributed by atoms with Gasteiger partial charge in [-0.2, -0.15) is 0 Å². The van der Waals surface area contributed by atoms with Gasteiger partial charge in [-0.3, -0.25) is 4.79 Å². The summed E-state index contributed by atoms with van der Waals surface area (Å²) in [5, 5.41) is 3.34. The smallest absolute Gasteiger partial charge is 0.324 e. The Bertz CT molecular complexity index is 186. The zero-order valence-electron chi connectivity index (χ0n) is 7.95. The third-order valence-corrected chi connectivity index (χ3v) is 2.95. The maximum Gasteiger partial charge on any atom is 0.324 e. The van der Waals surface area contributed by atoms with Gasteiger partial charge in [0, 0.05) is 12.6 Å². The molecule has 2 bridgehead atoms. The molecule has 3 saturated heterocycles. The van der Waals surface area contributed by atoms with E-state index < -0.39 is 0 Å². The third-order valence-electron chi connectivity index (χ3n) is 2.95. The summed E-state index contributed by atoms with van der Waals surface area (Å²) in [6.07, 6.45) is 2.32. The Hall–Kier alpha value is -0.610. The number of nitrogens with one attached hydrogen (secondary N) is 1. The van der Waals surface area contributed by atoms with E-state index in [9.17, 15) is 4.79 Å². The first kappa shape index (κ1) is 8.97. The van der Waals surface area contributed by atoms with Gasteiger partial charge in [0.2, 0.25) is 0 Å². The van der Waals surface area contributed by atoms with Crippen molar-refractivity contribution in [2.45, 2.75) is 24.9 Å². The summed E-state index contributed by atoms with van der Waals surface area (Å²) in [4.78, 5) is 13.7. The number of hydrogen-bond acceptors (Lipinski definition) is 4. The molecule has 0 saturated carbocycles. The third kappa shape index (κ3) is 1.84. The van der Waals surface area contributed by atoms with E-state index in [2.05, 4.69) is 10.2 Å². The second kappa shape index (κ2) is 3.64. The molecular weight excluding hydrogens is 168 g/mol. The maximum absolute atomic E-state index is 11.3. The van der Waals surface area contributed by atoms with Crippen molar-refractivity contribution in [3.05, 3.63) is 0 Å². The van der Waals surface area contributed by atoms with Crippen molar-refractivity contribution in [3.63, 3.8) is 0 Å². The van der Waals surface area contributed by atoms with E-state index in [4.69, 9.17) is 4.74 Å². The first-order chi connectivity index (χ1) is 6.29. The van der Waals surface area contributed by atoms with Crippen LogP contribution in [0.4, 0.5) is 0 Å². The van der Waals surface area contributed by atoms with Crippen molar-refractivity contribution < 1.29 is 9.53 Å². The topological polar surface area (TPSA) is 41.6 Å². The van der Waals surface area contributed by atoms with Gasteiger partial charge in [-0.15, -0.1) is 0 Å². The SMILES string of the molecule is COC(=O)C1CN2CCC(CC2)N1. The molecule has 74 valence electrons. The first-order valence-electron chi connectivity index (χ1n) is 4.86. The van der Waals surface area contributed by atoms with Gasteiger partial charge in [-0.25, -0.2) is 0 Å². The van der Waals surface area contributed by atoms with E-state index in [1.807, 2.05) is 0 Å². The number of esters is 1. The van der Waals surface area contributed by atoms with Gasteiger partial charge in [-0.1, -0.05) is 0 Å². The van der Waals surface area contributed by atoms with Crippen LogP contribution in [0.15, 0.2) is 0 Å². The highest BCUT2D eigenvalue weighted by atomic mass is 16.5. The number of nitrogens with zero attached hydrogens (tertiary/aromatic N) is 1. The molecule has 3 rings (SSSR count). The second-order valence-corrected chi connectivity index (χ2v) is 3.82. The molecule has 1 N–H and O–H groups in total.